The molecule has 3 rings (SSSR count). The highest BCUT2D eigenvalue weighted by atomic mass is 79.9. The van der Waals surface area contributed by atoms with Crippen LogP contribution in [0.5, 0.6) is 0 Å². The lowest BCUT2D eigenvalue weighted by atomic mass is 10.0. The Morgan fingerprint density at radius 1 is 1.04 bits per heavy atom. The summed E-state index contributed by atoms with van der Waals surface area (Å²) in [7, 11) is 0. The standard InChI is InChI=1S/C18H15Br2FN2/c1-11(2)13-9-15(19)17(16(20)10-13)23-8-7-22-18(23)12-3-5-14(21)6-4-12/h3-11H,1-2H3. The molecule has 0 unspecified atom stereocenters. The number of halogens is 3. The maximum absolute atomic E-state index is 13.2. The van der Waals surface area contributed by atoms with Crippen molar-refractivity contribution in [2.75, 3.05) is 0 Å². The van der Waals surface area contributed by atoms with Crippen molar-refractivity contribution in [3.8, 4) is 17.1 Å². The predicted molar refractivity (Wildman–Crippen MR) is 98.4 cm³/mol. The summed E-state index contributed by atoms with van der Waals surface area (Å²) >= 11 is 7.33. The zero-order chi connectivity index (χ0) is 16.6. The van der Waals surface area contributed by atoms with Gasteiger partial charge < -0.3 is 0 Å². The van der Waals surface area contributed by atoms with Gasteiger partial charge >= 0.3 is 0 Å². The molecule has 0 radical (unpaired) electrons. The number of hydrogen-bond acceptors (Lipinski definition) is 1. The molecule has 0 aliphatic rings. The van der Waals surface area contributed by atoms with Crippen LogP contribution < -0.4 is 0 Å². The lowest BCUT2D eigenvalue weighted by Crippen LogP contribution is -2.00. The number of hydrogen-bond donors (Lipinski definition) is 0. The minimum absolute atomic E-state index is 0.254. The van der Waals surface area contributed by atoms with E-state index in [1.54, 1.807) is 18.3 Å². The van der Waals surface area contributed by atoms with Gasteiger partial charge in [0, 0.05) is 26.9 Å². The van der Waals surface area contributed by atoms with Gasteiger partial charge in [0.15, 0.2) is 0 Å². The fourth-order valence-corrected chi connectivity index (χ4v) is 4.05. The predicted octanol–water partition coefficient (Wildman–Crippen LogP) is 6.33. The van der Waals surface area contributed by atoms with Crippen LogP contribution in [0.2, 0.25) is 0 Å². The second-order valence-corrected chi connectivity index (χ2v) is 7.32. The number of nitrogens with zero attached hydrogens (tertiary/aromatic N) is 2. The van der Waals surface area contributed by atoms with Crippen molar-refractivity contribution in [2.45, 2.75) is 19.8 Å². The molecule has 118 valence electrons. The third kappa shape index (κ3) is 3.26. The van der Waals surface area contributed by atoms with E-state index in [9.17, 15) is 4.39 Å². The number of benzene rings is 2. The maximum atomic E-state index is 13.2. The third-order valence-corrected chi connectivity index (χ3v) is 4.90. The van der Waals surface area contributed by atoms with E-state index in [0.29, 0.717) is 5.92 Å². The molecule has 0 spiro atoms. The highest BCUT2D eigenvalue weighted by molar-refractivity contribution is 9.11. The van der Waals surface area contributed by atoms with Crippen molar-refractivity contribution in [2.24, 2.45) is 0 Å². The minimum atomic E-state index is -0.254. The van der Waals surface area contributed by atoms with Gasteiger partial charge in [0.2, 0.25) is 0 Å². The summed E-state index contributed by atoms with van der Waals surface area (Å²) < 4.78 is 17.1. The van der Waals surface area contributed by atoms with E-state index in [-0.39, 0.29) is 5.82 Å². The first-order valence-corrected chi connectivity index (χ1v) is 8.84. The molecular formula is C18H15Br2FN2. The Morgan fingerprint density at radius 2 is 1.65 bits per heavy atom. The lowest BCUT2D eigenvalue weighted by Gasteiger charge is -2.15. The zero-order valence-electron chi connectivity index (χ0n) is 12.7. The summed E-state index contributed by atoms with van der Waals surface area (Å²) in [5.41, 5.74) is 3.09. The summed E-state index contributed by atoms with van der Waals surface area (Å²) in [5.74, 6) is 0.954. The van der Waals surface area contributed by atoms with Crippen LogP contribution in [-0.2, 0) is 0 Å². The van der Waals surface area contributed by atoms with E-state index in [4.69, 9.17) is 0 Å². The molecule has 0 atom stereocenters. The van der Waals surface area contributed by atoms with E-state index in [0.717, 1.165) is 26.0 Å². The SMILES string of the molecule is CC(C)c1cc(Br)c(-n2ccnc2-c2ccc(F)cc2)c(Br)c1. The molecule has 3 aromatic rings. The van der Waals surface area contributed by atoms with Crippen LogP contribution in [-0.4, -0.2) is 9.55 Å². The van der Waals surface area contributed by atoms with Crippen molar-refractivity contribution in [1.29, 1.82) is 0 Å². The van der Waals surface area contributed by atoms with E-state index in [1.165, 1.54) is 17.7 Å². The molecule has 0 fully saturated rings. The highest BCUT2D eigenvalue weighted by Gasteiger charge is 2.15. The van der Waals surface area contributed by atoms with Crippen molar-refractivity contribution in [3.05, 3.63) is 69.1 Å². The third-order valence-electron chi connectivity index (χ3n) is 3.69. The van der Waals surface area contributed by atoms with E-state index in [2.05, 4.69) is 62.8 Å². The number of rotatable bonds is 3. The Kier molecular flexibility index (Phi) is 4.69. The first-order chi connectivity index (χ1) is 11.0. The van der Waals surface area contributed by atoms with Gasteiger partial charge in [-0.2, -0.15) is 0 Å². The van der Waals surface area contributed by atoms with Gasteiger partial charge in [-0.25, -0.2) is 9.37 Å². The molecule has 0 bridgehead atoms. The maximum Gasteiger partial charge on any atom is 0.144 e. The fraction of sp³-hybridized carbons (Fsp3) is 0.167. The lowest BCUT2D eigenvalue weighted by molar-refractivity contribution is 0.628. The molecule has 1 heterocycles. The molecule has 0 N–H and O–H groups in total. The van der Waals surface area contributed by atoms with E-state index < -0.39 is 0 Å². The van der Waals surface area contributed by atoms with Crippen LogP contribution in [0.15, 0.2) is 57.7 Å². The summed E-state index contributed by atoms with van der Waals surface area (Å²) in [6.45, 7) is 4.32. The topological polar surface area (TPSA) is 17.8 Å². The van der Waals surface area contributed by atoms with Crippen LogP contribution in [0, 0.1) is 5.82 Å². The van der Waals surface area contributed by atoms with E-state index >= 15 is 0 Å². The quantitative estimate of drug-likeness (QED) is 0.468. The zero-order valence-corrected chi connectivity index (χ0v) is 15.9. The molecule has 0 aliphatic carbocycles. The first-order valence-electron chi connectivity index (χ1n) is 7.26. The average molecular weight is 438 g/mol. The average Bonchev–Trinajstić information content (AvgIpc) is 2.96. The summed E-state index contributed by atoms with van der Waals surface area (Å²) in [4.78, 5) is 4.43. The molecule has 5 heteroatoms. The van der Waals surface area contributed by atoms with Gasteiger partial charge in [0.1, 0.15) is 11.6 Å². The molecule has 2 aromatic carbocycles. The van der Waals surface area contributed by atoms with Gasteiger partial charge in [-0.1, -0.05) is 13.8 Å². The minimum Gasteiger partial charge on any atom is -0.298 e. The molecule has 0 aliphatic heterocycles. The Bertz CT molecular complexity index is 815. The first kappa shape index (κ1) is 16.4. The van der Waals surface area contributed by atoms with Gasteiger partial charge in [0.25, 0.3) is 0 Å². The van der Waals surface area contributed by atoms with Crippen molar-refractivity contribution in [1.82, 2.24) is 9.55 Å². The summed E-state index contributed by atoms with van der Waals surface area (Å²) in [6, 6.07) is 10.6. The molecule has 23 heavy (non-hydrogen) atoms. The van der Waals surface area contributed by atoms with Gasteiger partial charge in [-0.15, -0.1) is 0 Å². The smallest absolute Gasteiger partial charge is 0.144 e. The molecule has 0 saturated heterocycles. The molecule has 2 nitrogen and oxygen atoms in total. The van der Waals surface area contributed by atoms with Gasteiger partial charge in [-0.05, 0) is 79.7 Å². The van der Waals surface area contributed by atoms with Crippen molar-refractivity contribution in [3.63, 3.8) is 0 Å². The number of imidazole rings is 1. The van der Waals surface area contributed by atoms with Crippen LogP contribution in [0.3, 0.4) is 0 Å². The van der Waals surface area contributed by atoms with Crippen LogP contribution in [0.25, 0.3) is 17.1 Å². The van der Waals surface area contributed by atoms with Crippen molar-refractivity contribution < 1.29 is 4.39 Å². The van der Waals surface area contributed by atoms with E-state index in [1.807, 2.05) is 10.8 Å². The summed E-state index contributed by atoms with van der Waals surface area (Å²) in [5, 5.41) is 0. The molecule has 0 amide bonds. The second-order valence-electron chi connectivity index (χ2n) is 5.62. The fourth-order valence-electron chi connectivity index (χ4n) is 2.45. The molecule has 1 aromatic heterocycles. The number of aromatic nitrogens is 2. The monoisotopic (exact) mass is 436 g/mol. The Labute approximate surface area is 151 Å². The Morgan fingerprint density at radius 3 is 2.22 bits per heavy atom. The molecule has 0 saturated carbocycles. The van der Waals surface area contributed by atoms with Crippen LogP contribution >= 0.6 is 31.9 Å². The largest absolute Gasteiger partial charge is 0.298 e. The van der Waals surface area contributed by atoms with Gasteiger partial charge in [0.05, 0.1) is 5.69 Å². The molecular weight excluding hydrogens is 423 g/mol. The van der Waals surface area contributed by atoms with Crippen LogP contribution in [0.4, 0.5) is 4.39 Å². The Hall–Kier alpha value is -1.46. The highest BCUT2D eigenvalue weighted by Crippen LogP contribution is 2.35. The Balaban J connectivity index is 2.14. The second kappa shape index (κ2) is 6.57. The summed E-state index contributed by atoms with van der Waals surface area (Å²) in [6.07, 6.45) is 3.65. The van der Waals surface area contributed by atoms with Crippen LogP contribution in [0.1, 0.15) is 25.3 Å². The van der Waals surface area contributed by atoms with Crippen molar-refractivity contribution >= 4 is 31.9 Å². The van der Waals surface area contributed by atoms with Gasteiger partial charge in [-0.3, -0.25) is 4.57 Å². The normalized spacial score (nSPS) is 11.2.